The third-order valence-electron chi connectivity index (χ3n) is 4.07. The molecular formula is C16H23BrN2O3S. The second-order valence-corrected chi connectivity index (χ2v) is 8.76. The van der Waals surface area contributed by atoms with Crippen LogP contribution in [-0.2, 0) is 14.8 Å². The summed E-state index contributed by atoms with van der Waals surface area (Å²) in [7, 11) is -3.52. The summed E-state index contributed by atoms with van der Waals surface area (Å²) in [4.78, 5) is 14.3. The molecule has 0 radical (unpaired) electrons. The molecular weight excluding hydrogens is 380 g/mol. The van der Waals surface area contributed by atoms with Crippen molar-refractivity contribution < 1.29 is 13.2 Å². The first kappa shape index (κ1) is 18.3. The van der Waals surface area contributed by atoms with E-state index in [1.54, 1.807) is 23.1 Å². The van der Waals surface area contributed by atoms with Gasteiger partial charge in [0.05, 0.1) is 11.9 Å². The molecule has 1 aliphatic heterocycles. The van der Waals surface area contributed by atoms with Gasteiger partial charge >= 0.3 is 0 Å². The Bertz CT molecular complexity index is 668. The first-order valence-electron chi connectivity index (χ1n) is 7.80. The first-order valence-corrected chi connectivity index (χ1v) is 10.4. The fourth-order valence-electron chi connectivity index (χ4n) is 2.73. The lowest BCUT2D eigenvalue weighted by Gasteiger charge is -2.27. The number of anilines is 1. The molecule has 1 aliphatic rings. The van der Waals surface area contributed by atoms with Crippen molar-refractivity contribution in [2.45, 2.75) is 32.6 Å². The molecule has 1 aromatic carbocycles. The van der Waals surface area contributed by atoms with E-state index >= 15 is 0 Å². The standard InChI is InChI=1S/C16H23BrN2O3S/c1-13-11-14(7-8-15(13)17)19(23(2,21)22)12-16(20)18-9-5-3-4-6-10-18/h7-8,11H,3-6,9-10,12H2,1-2H3. The molecule has 0 atom stereocenters. The van der Waals surface area contributed by atoms with Crippen LogP contribution in [0.5, 0.6) is 0 Å². The molecule has 2 rings (SSSR count). The zero-order valence-electron chi connectivity index (χ0n) is 13.6. The van der Waals surface area contributed by atoms with Gasteiger partial charge in [0.1, 0.15) is 6.54 Å². The van der Waals surface area contributed by atoms with Crippen molar-refractivity contribution in [3.8, 4) is 0 Å². The summed E-state index contributed by atoms with van der Waals surface area (Å²) in [5.74, 6) is -0.127. The van der Waals surface area contributed by atoms with Crippen LogP contribution in [0.3, 0.4) is 0 Å². The van der Waals surface area contributed by atoms with Crippen LogP contribution >= 0.6 is 15.9 Å². The van der Waals surface area contributed by atoms with E-state index in [0.29, 0.717) is 5.69 Å². The Hall–Kier alpha value is -1.08. The number of halogens is 1. The first-order chi connectivity index (χ1) is 10.8. The number of hydrogen-bond donors (Lipinski definition) is 0. The average Bonchev–Trinajstić information content (AvgIpc) is 2.75. The minimum Gasteiger partial charge on any atom is -0.341 e. The van der Waals surface area contributed by atoms with Gasteiger partial charge in [-0.2, -0.15) is 0 Å². The van der Waals surface area contributed by atoms with Crippen LogP contribution in [0, 0.1) is 6.92 Å². The molecule has 1 aromatic rings. The Labute approximate surface area is 146 Å². The van der Waals surface area contributed by atoms with Gasteiger partial charge in [-0.1, -0.05) is 28.8 Å². The summed E-state index contributed by atoms with van der Waals surface area (Å²) in [6.07, 6.45) is 5.38. The second kappa shape index (κ2) is 7.66. The number of nitrogens with zero attached hydrogens (tertiary/aromatic N) is 2. The van der Waals surface area contributed by atoms with Crippen molar-refractivity contribution >= 4 is 37.5 Å². The van der Waals surface area contributed by atoms with Crippen molar-refractivity contribution in [2.75, 3.05) is 30.2 Å². The van der Waals surface area contributed by atoms with Gasteiger partial charge in [-0.25, -0.2) is 8.42 Å². The molecule has 0 unspecified atom stereocenters. The van der Waals surface area contributed by atoms with E-state index in [-0.39, 0.29) is 12.5 Å². The van der Waals surface area contributed by atoms with E-state index in [9.17, 15) is 13.2 Å². The van der Waals surface area contributed by atoms with Gasteiger partial charge < -0.3 is 4.90 Å². The number of aryl methyl sites for hydroxylation is 1. The molecule has 5 nitrogen and oxygen atoms in total. The van der Waals surface area contributed by atoms with Gasteiger partial charge in [-0.3, -0.25) is 9.10 Å². The maximum absolute atomic E-state index is 12.5. The molecule has 1 heterocycles. The predicted molar refractivity (Wildman–Crippen MR) is 96.1 cm³/mol. The fourth-order valence-corrected chi connectivity index (χ4v) is 3.82. The number of benzene rings is 1. The van der Waals surface area contributed by atoms with Crippen LogP contribution in [0.1, 0.15) is 31.2 Å². The molecule has 0 N–H and O–H groups in total. The van der Waals surface area contributed by atoms with Gasteiger partial charge in [-0.05, 0) is 43.5 Å². The zero-order valence-corrected chi connectivity index (χ0v) is 16.0. The lowest BCUT2D eigenvalue weighted by molar-refractivity contribution is -0.129. The third-order valence-corrected chi connectivity index (χ3v) is 6.10. The molecule has 1 fully saturated rings. The Kier molecular flexibility index (Phi) is 6.08. The summed E-state index contributed by atoms with van der Waals surface area (Å²) >= 11 is 3.41. The van der Waals surface area contributed by atoms with Gasteiger partial charge in [0.15, 0.2) is 0 Å². The highest BCUT2D eigenvalue weighted by Gasteiger charge is 2.24. The van der Waals surface area contributed by atoms with E-state index in [0.717, 1.165) is 55.1 Å². The maximum atomic E-state index is 12.5. The van der Waals surface area contributed by atoms with Gasteiger partial charge in [0, 0.05) is 17.6 Å². The molecule has 7 heteroatoms. The summed E-state index contributed by atoms with van der Waals surface area (Å²) in [5.41, 5.74) is 1.45. The van der Waals surface area contributed by atoms with Crippen LogP contribution < -0.4 is 4.31 Å². The number of rotatable bonds is 4. The van der Waals surface area contributed by atoms with E-state index in [2.05, 4.69) is 15.9 Å². The Balaban J connectivity index is 2.22. The zero-order chi connectivity index (χ0) is 17.0. The third kappa shape index (κ3) is 4.94. The fraction of sp³-hybridized carbons (Fsp3) is 0.562. The van der Waals surface area contributed by atoms with Gasteiger partial charge in [0.2, 0.25) is 15.9 Å². The second-order valence-electron chi connectivity index (χ2n) is 6.00. The van der Waals surface area contributed by atoms with Crippen molar-refractivity contribution in [3.63, 3.8) is 0 Å². The van der Waals surface area contributed by atoms with E-state index in [4.69, 9.17) is 0 Å². The number of likely N-dealkylation sites (tertiary alicyclic amines) is 1. The molecule has 0 aromatic heterocycles. The van der Waals surface area contributed by atoms with Crippen LogP contribution in [0.15, 0.2) is 22.7 Å². The number of carbonyl (C=O) groups is 1. The van der Waals surface area contributed by atoms with Crippen LogP contribution in [0.25, 0.3) is 0 Å². The molecule has 23 heavy (non-hydrogen) atoms. The predicted octanol–water partition coefficient (Wildman–Crippen LogP) is 2.93. The van der Waals surface area contributed by atoms with Gasteiger partial charge in [-0.15, -0.1) is 0 Å². The highest BCUT2D eigenvalue weighted by molar-refractivity contribution is 9.10. The quantitative estimate of drug-likeness (QED) is 0.777. The highest BCUT2D eigenvalue weighted by Crippen LogP contribution is 2.25. The molecule has 0 aliphatic carbocycles. The minimum absolute atomic E-state index is 0.127. The van der Waals surface area contributed by atoms with E-state index < -0.39 is 10.0 Å². The van der Waals surface area contributed by atoms with E-state index in [1.807, 2.05) is 6.92 Å². The summed E-state index contributed by atoms with van der Waals surface area (Å²) < 4.78 is 26.4. The average molecular weight is 403 g/mol. The van der Waals surface area contributed by atoms with E-state index in [1.165, 1.54) is 4.31 Å². The number of carbonyl (C=O) groups excluding carboxylic acids is 1. The molecule has 0 bridgehead atoms. The Morgan fingerprint density at radius 1 is 1.22 bits per heavy atom. The lowest BCUT2D eigenvalue weighted by Crippen LogP contribution is -2.43. The van der Waals surface area contributed by atoms with Crippen molar-refractivity contribution in [1.29, 1.82) is 0 Å². The largest absolute Gasteiger partial charge is 0.341 e. The Morgan fingerprint density at radius 2 is 1.83 bits per heavy atom. The minimum atomic E-state index is -3.52. The SMILES string of the molecule is Cc1cc(N(CC(=O)N2CCCCCC2)S(C)(=O)=O)ccc1Br. The summed E-state index contributed by atoms with van der Waals surface area (Å²) in [6, 6.07) is 5.30. The molecule has 0 spiro atoms. The lowest BCUT2D eigenvalue weighted by atomic mass is 10.2. The smallest absolute Gasteiger partial charge is 0.243 e. The van der Waals surface area contributed by atoms with Crippen LogP contribution in [0.4, 0.5) is 5.69 Å². The maximum Gasteiger partial charge on any atom is 0.243 e. The summed E-state index contributed by atoms with van der Waals surface area (Å²) in [5, 5.41) is 0. The van der Waals surface area contributed by atoms with Gasteiger partial charge in [0.25, 0.3) is 0 Å². The molecule has 128 valence electrons. The number of hydrogen-bond acceptors (Lipinski definition) is 3. The van der Waals surface area contributed by atoms with Crippen LogP contribution in [0.2, 0.25) is 0 Å². The highest BCUT2D eigenvalue weighted by atomic mass is 79.9. The topological polar surface area (TPSA) is 57.7 Å². The Morgan fingerprint density at radius 3 is 2.35 bits per heavy atom. The normalized spacial score (nSPS) is 16.0. The number of amides is 1. The monoisotopic (exact) mass is 402 g/mol. The molecule has 1 saturated heterocycles. The molecule has 0 saturated carbocycles. The van der Waals surface area contributed by atoms with Crippen molar-refractivity contribution in [3.05, 3.63) is 28.2 Å². The van der Waals surface area contributed by atoms with Crippen molar-refractivity contribution in [1.82, 2.24) is 4.90 Å². The number of sulfonamides is 1. The summed E-state index contributed by atoms with van der Waals surface area (Å²) in [6.45, 7) is 3.19. The van der Waals surface area contributed by atoms with Crippen molar-refractivity contribution in [2.24, 2.45) is 0 Å². The van der Waals surface area contributed by atoms with Crippen LogP contribution in [-0.4, -0.2) is 45.1 Å². The molecule has 1 amide bonds.